The summed E-state index contributed by atoms with van der Waals surface area (Å²) < 4.78 is 13.7. The number of rotatable bonds is 2. The zero-order valence-electron chi connectivity index (χ0n) is 8.45. The molecule has 82 valence electrons. The lowest BCUT2D eigenvalue weighted by Crippen LogP contribution is -1.97. The second-order valence-electron chi connectivity index (χ2n) is 3.39. The molecule has 2 rings (SSSR count). The molecule has 0 unspecified atom stereocenters. The van der Waals surface area contributed by atoms with Crippen LogP contribution in [0.15, 0.2) is 36.7 Å². The predicted molar refractivity (Wildman–Crippen MR) is 62.5 cm³/mol. The average Bonchev–Trinajstić information content (AvgIpc) is 2.33. The van der Waals surface area contributed by atoms with E-state index in [1.54, 1.807) is 24.5 Å². The zero-order chi connectivity index (χ0) is 11.5. The molecule has 2 nitrogen and oxygen atoms in total. The number of benzene rings is 1. The van der Waals surface area contributed by atoms with E-state index in [1.165, 1.54) is 6.07 Å². The minimum Gasteiger partial charge on any atom is -0.326 e. The molecular formula is C12H10ClFN2. The molecule has 0 spiro atoms. The molecule has 0 atom stereocenters. The fraction of sp³-hybridized carbons (Fsp3) is 0.0833. The van der Waals surface area contributed by atoms with Crippen LogP contribution in [-0.2, 0) is 6.54 Å². The Balaban J connectivity index is 2.54. The number of nitrogens with two attached hydrogens (primary N) is 1. The Labute approximate surface area is 97.9 Å². The highest BCUT2D eigenvalue weighted by Crippen LogP contribution is 2.27. The second-order valence-corrected chi connectivity index (χ2v) is 3.79. The summed E-state index contributed by atoms with van der Waals surface area (Å²) in [5, 5.41) is 0.107. The number of nitrogens with zero attached hydrogens (tertiary/aromatic N) is 1. The SMILES string of the molecule is NCc1cncc(-c2cccc(Cl)c2F)c1. The molecule has 1 heterocycles. The maximum absolute atomic E-state index is 13.7. The number of halogens is 2. The van der Waals surface area contributed by atoms with Crippen LogP contribution in [0.5, 0.6) is 0 Å². The van der Waals surface area contributed by atoms with Gasteiger partial charge in [-0.15, -0.1) is 0 Å². The Hall–Kier alpha value is -1.45. The van der Waals surface area contributed by atoms with Gasteiger partial charge in [0, 0.05) is 30.1 Å². The molecule has 0 bridgehead atoms. The van der Waals surface area contributed by atoms with Crippen molar-refractivity contribution in [2.24, 2.45) is 5.73 Å². The van der Waals surface area contributed by atoms with Crippen LogP contribution in [-0.4, -0.2) is 4.98 Å². The monoisotopic (exact) mass is 236 g/mol. The summed E-state index contributed by atoms with van der Waals surface area (Å²) in [5.74, 6) is -0.430. The second kappa shape index (κ2) is 4.60. The van der Waals surface area contributed by atoms with Gasteiger partial charge in [-0.3, -0.25) is 4.98 Å². The molecule has 0 saturated heterocycles. The lowest BCUT2D eigenvalue weighted by Gasteiger charge is -2.05. The Morgan fingerprint density at radius 2 is 2.12 bits per heavy atom. The molecule has 0 saturated carbocycles. The number of aromatic nitrogens is 1. The molecule has 0 amide bonds. The lowest BCUT2D eigenvalue weighted by molar-refractivity contribution is 0.631. The van der Waals surface area contributed by atoms with Crippen molar-refractivity contribution in [3.05, 3.63) is 53.1 Å². The third-order valence-corrected chi connectivity index (χ3v) is 2.59. The Kier molecular flexibility index (Phi) is 3.17. The summed E-state index contributed by atoms with van der Waals surface area (Å²) in [7, 11) is 0. The van der Waals surface area contributed by atoms with Crippen molar-refractivity contribution < 1.29 is 4.39 Å². The van der Waals surface area contributed by atoms with Crippen LogP contribution in [0.1, 0.15) is 5.56 Å². The van der Waals surface area contributed by atoms with Crippen LogP contribution in [0.25, 0.3) is 11.1 Å². The molecule has 0 aliphatic rings. The maximum Gasteiger partial charge on any atom is 0.149 e. The summed E-state index contributed by atoms with van der Waals surface area (Å²) in [5.41, 5.74) is 7.49. The van der Waals surface area contributed by atoms with Gasteiger partial charge in [0.1, 0.15) is 5.82 Å². The van der Waals surface area contributed by atoms with Gasteiger partial charge in [-0.05, 0) is 17.7 Å². The van der Waals surface area contributed by atoms with E-state index < -0.39 is 5.82 Å². The molecule has 0 radical (unpaired) electrons. The van der Waals surface area contributed by atoms with Crippen LogP contribution in [0.3, 0.4) is 0 Å². The molecule has 1 aromatic heterocycles. The Morgan fingerprint density at radius 1 is 1.31 bits per heavy atom. The van der Waals surface area contributed by atoms with Gasteiger partial charge in [0.05, 0.1) is 5.02 Å². The van der Waals surface area contributed by atoms with Crippen molar-refractivity contribution in [3.8, 4) is 11.1 Å². The number of hydrogen-bond acceptors (Lipinski definition) is 2. The average molecular weight is 237 g/mol. The Morgan fingerprint density at radius 3 is 2.88 bits per heavy atom. The summed E-state index contributed by atoms with van der Waals surface area (Å²) in [6, 6.07) is 6.69. The van der Waals surface area contributed by atoms with Crippen molar-refractivity contribution >= 4 is 11.6 Å². The Bertz CT molecular complexity index is 514. The topological polar surface area (TPSA) is 38.9 Å². The first-order valence-corrected chi connectivity index (χ1v) is 5.18. The largest absolute Gasteiger partial charge is 0.326 e. The van der Waals surface area contributed by atoms with Gasteiger partial charge in [0.25, 0.3) is 0 Å². The van der Waals surface area contributed by atoms with Crippen molar-refractivity contribution in [3.63, 3.8) is 0 Å². The fourth-order valence-corrected chi connectivity index (χ4v) is 1.65. The highest BCUT2D eigenvalue weighted by Gasteiger charge is 2.08. The van der Waals surface area contributed by atoms with E-state index in [1.807, 2.05) is 6.07 Å². The van der Waals surface area contributed by atoms with E-state index in [9.17, 15) is 4.39 Å². The molecule has 2 N–H and O–H groups in total. The van der Waals surface area contributed by atoms with Gasteiger partial charge in [-0.1, -0.05) is 23.7 Å². The van der Waals surface area contributed by atoms with Gasteiger partial charge in [0.15, 0.2) is 0 Å². The summed E-state index contributed by atoms with van der Waals surface area (Å²) in [6.45, 7) is 0.378. The molecular weight excluding hydrogens is 227 g/mol. The molecule has 16 heavy (non-hydrogen) atoms. The number of pyridine rings is 1. The van der Waals surface area contributed by atoms with Crippen molar-refractivity contribution in [1.29, 1.82) is 0 Å². The minimum atomic E-state index is -0.430. The summed E-state index contributed by atoms with van der Waals surface area (Å²) in [4.78, 5) is 4.01. The van der Waals surface area contributed by atoms with Crippen molar-refractivity contribution in [2.45, 2.75) is 6.54 Å². The fourth-order valence-electron chi connectivity index (χ4n) is 1.47. The standard InChI is InChI=1S/C12H10ClFN2/c13-11-3-1-2-10(12(11)14)9-4-8(5-15)6-16-7-9/h1-4,6-7H,5,15H2. The summed E-state index contributed by atoms with van der Waals surface area (Å²) >= 11 is 5.72. The number of hydrogen-bond donors (Lipinski definition) is 1. The normalized spacial score (nSPS) is 10.4. The molecule has 1 aromatic carbocycles. The zero-order valence-corrected chi connectivity index (χ0v) is 9.21. The predicted octanol–water partition coefficient (Wildman–Crippen LogP) is 3.00. The molecule has 2 aromatic rings. The molecule has 4 heteroatoms. The first-order chi connectivity index (χ1) is 7.72. The van der Waals surface area contributed by atoms with Gasteiger partial charge in [-0.25, -0.2) is 4.39 Å². The molecule has 0 aliphatic heterocycles. The van der Waals surface area contributed by atoms with Crippen LogP contribution in [0.2, 0.25) is 5.02 Å². The maximum atomic E-state index is 13.7. The molecule has 0 aliphatic carbocycles. The first-order valence-electron chi connectivity index (χ1n) is 4.80. The van der Waals surface area contributed by atoms with E-state index in [0.717, 1.165) is 5.56 Å². The minimum absolute atomic E-state index is 0.107. The third-order valence-electron chi connectivity index (χ3n) is 2.29. The van der Waals surface area contributed by atoms with E-state index >= 15 is 0 Å². The van der Waals surface area contributed by atoms with Gasteiger partial charge in [0.2, 0.25) is 0 Å². The van der Waals surface area contributed by atoms with Crippen molar-refractivity contribution in [1.82, 2.24) is 4.98 Å². The van der Waals surface area contributed by atoms with Crippen LogP contribution in [0.4, 0.5) is 4.39 Å². The first kappa shape index (κ1) is 11.0. The third kappa shape index (κ3) is 2.05. The molecule has 0 fully saturated rings. The summed E-state index contributed by atoms with van der Waals surface area (Å²) in [6.07, 6.45) is 3.25. The highest BCUT2D eigenvalue weighted by molar-refractivity contribution is 6.31. The lowest BCUT2D eigenvalue weighted by atomic mass is 10.1. The highest BCUT2D eigenvalue weighted by atomic mass is 35.5. The smallest absolute Gasteiger partial charge is 0.149 e. The quantitative estimate of drug-likeness (QED) is 0.871. The van der Waals surface area contributed by atoms with E-state index in [0.29, 0.717) is 17.7 Å². The van der Waals surface area contributed by atoms with Crippen LogP contribution < -0.4 is 5.73 Å². The van der Waals surface area contributed by atoms with Gasteiger partial charge >= 0.3 is 0 Å². The van der Waals surface area contributed by atoms with E-state index in [2.05, 4.69) is 4.98 Å². The van der Waals surface area contributed by atoms with Gasteiger partial charge in [-0.2, -0.15) is 0 Å². The van der Waals surface area contributed by atoms with Crippen LogP contribution >= 0.6 is 11.6 Å². The van der Waals surface area contributed by atoms with Crippen LogP contribution in [0, 0.1) is 5.82 Å². The van der Waals surface area contributed by atoms with E-state index in [4.69, 9.17) is 17.3 Å². The van der Waals surface area contributed by atoms with Gasteiger partial charge < -0.3 is 5.73 Å². The van der Waals surface area contributed by atoms with Crippen molar-refractivity contribution in [2.75, 3.05) is 0 Å². The van der Waals surface area contributed by atoms with E-state index in [-0.39, 0.29) is 5.02 Å².